The Bertz CT molecular complexity index is 5780. The van der Waals surface area contributed by atoms with Gasteiger partial charge in [-0.25, -0.2) is 9.97 Å². The first-order valence-electron chi connectivity index (χ1n) is 31.9. The molecule has 0 saturated heterocycles. The Morgan fingerprint density at radius 2 is 0.500 bits per heavy atom. The third-order valence-electron chi connectivity index (χ3n) is 19.8. The summed E-state index contributed by atoms with van der Waals surface area (Å²) >= 11 is 0. The van der Waals surface area contributed by atoms with Crippen LogP contribution in [0.2, 0.25) is 0 Å². The van der Waals surface area contributed by atoms with Crippen molar-refractivity contribution in [3.8, 4) is 51.5 Å². The average molecular weight is 1200 g/mol. The summed E-state index contributed by atoms with van der Waals surface area (Å²) in [5, 5.41) is 26.4. The summed E-state index contributed by atoms with van der Waals surface area (Å²) in [5.41, 5.74) is 21.1. The fraction of sp³-hybridized carbons (Fsp3) is 0.0235. The van der Waals surface area contributed by atoms with Gasteiger partial charge in [-0.2, -0.15) is 5.26 Å². The van der Waals surface area contributed by atoms with Crippen LogP contribution in [0.5, 0.6) is 0 Å². The SMILES string of the molecule is Cc1cc(-c2cc(-n3c4cc(-n5c6ccccc6c6ccccc65)ccc4c4ccc(-n5c6ccccc6c6ccccc65)cc43)c(C#N)c(-n3c4cc(-n5c6ccccc6c6ccccc65)ccc4c4ccc(-n5c6ccccc6c6ccccc65)cc43)c2)nc(C)n1. The van der Waals surface area contributed by atoms with Crippen molar-refractivity contribution in [1.29, 1.82) is 5.26 Å². The molecule has 20 aromatic rings. The number of nitrogens with zero attached hydrogens (tertiary/aromatic N) is 9. The largest absolute Gasteiger partial charge is 0.309 e. The molecule has 0 radical (unpaired) electrons. The van der Waals surface area contributed by atoms with Gasteiger partial charge >= 0.3 is 0 Å². The molecule has 20 rings (SSSR count). The molecule has 0 bridgehead atoms. The highest BCUT2D eigenvalue weighted by Gasteiger charge is 2.27. The van der Waals surface area contributed by atoms with Gasteiger partial charge in [-0.15, -0.1) is 0 Å². The fourth-order valence-electron chi connectivity index (χ4n) is 16.0. The molecule has 0 aliphatic rings. The maximum atomic E-state index is 12.7. The molecule has 0 spiro atoms. The Morgan fingerprint density at radius 3 is 0.745 bits per heavy atom. The maximum absolute atomic E-state index is 12.7. The lowest BCUT2D eigenvalue weighted by atomic mass is 10.0. The van der Waals surface area contributed by atoms with Crippen LogP contribution >= 0.6 is 0 Å². The van der Waals surface area contributed by atoms with Gasteiger partial charge in [0, 0.05) is 98.6 Å². The Labute approximate surface area is 537 Å². The highest BCUT2D eigenvalue weighted by Crippen LogP contribution is 2.45. The van der Waals surface area contributed by atoms with Gasteiger partial charge in [-0.3, -0.25) is 0 Å². The van der Waals surface area contributed by atoms with Gasteiger partial charge in [0.05, 0.1) is 83.3 Å². The molecule has 0 unspecified atom stereocenters. The molecule has 438 valence electrons. The van der Waals surface area contributed by atoms with Crippen LogP contribution in [-0.4, -0.2) is 37.4 Å². The summed E-state index contributed by atoms with van der Waals surface area (Å²) in [7, 11) is 0. The number of aromatic nitrogens is 8. The number of rotatable bonds is 7. The van der Waals surface area contributed by atoms with Crippen molar-refractivity contribution in [3.05, 3.63) is 302 Å². The van der Waals surface area contributed by atoms with E-state index < -0.39 is 0 Å². The zero-order valence-electron chi connectivity index (χ0n) is 51.2. The van der Waals surface area contributed by atoms with Crippen LogP contribution in [0.25, 0.3) is 176 Å². The van der Waals surface area contributed by atoms with Crippen LogP contribution < -0.4 is 0 Å². The van der Waals surface area contributed by atoms with Crippen molar-refractivity contribution >= 4 is 131 Å². The normalized spacial score (nSPS) is 12.1. The van der Waals surface area contributed by atoms with E-state index in [-0.39, 0.29) is 0 Å². The number of benzene rings is 13. The van der Waals surface area contributed by atoms with E-state index >= 15 is 0 Å². The van der Waals surface area contributed by atoms with E-state index in [4.69, 9.17) is 9.97 Å². The number of para-hydroxylation sites is 8. The predicted octanol–water partition coefficient (Wildman–Crippen LogP) is 21.2. The molecule has 94 heavy (non-hydrogen) atoms. The molecule has 0 atom stereocenters. The van der Waals surface area contributed by atoms with Crippen LogP contribution in [-0.2, 0) is 0 Å². The van der Waals surface area contributed by atoms with E-state index in [9.17, 15) is 5.26 Å². The zero-order chi connectivity index (χ0) is 62.0. The highest BCUT2D eigenvalue weighted by atomic mass is 15.1. The van der Waals surface area contributed by atoms with E-state index in [0.29, 0.717) is 11.4 Å². The second kappa shape index (κ2) is 19.6. The minimum absolute atomic E-state index is 0.498. The molecule has 0 aliphatic heterocycles. The third kappa shape index (κ3) is 7.33. The van der Waals surface area contributed by atoms with Gasteiger partial charge in [-0.1, -0.05) is 170 Å². The fourth-order valence-corrected chi connectivity index (χ4v) is 16.0. The van der Waals surface area contributed by atoms with E-state index in [1.165, 1.54) is 43.1 Å². The Balaban J connectivity index is 0.943. The van der Waals surface area contributed by atoms with Crippen molar-refractivity contribution in [1.82, 2.24) is 37.4 Å². The van der Waals surface area contributed by atoms with Crippen molar-refractivity contribution in [2.24, 2.45) is 0 Å². The highest BCUT2D eigenvalue weighted by molar-refractivity contribution is 6.17. The first kappa shape index (κ1) is 52.0. The lowest BCUT2D eigenvalue weighted by Gasteiger charge is -2.19. The van der Waals surface area contributed by atoms with E-state index in [0.717, 1.165) is 139 Å². The van der Waals surface area contributed by atoms with Crippen LogP contribution in [0, 0.1) is 25.2 Å². The van der Waals surface area contributed by atoms with Crippen molar-refractivity contribution in [2.45, 2.75) is 13.8 Å². The summed E-state index contributed by atoms with van der Waals surface area (Å²) in [5.74, 6) is 0.662. The molecule has 0 aliphatic carbocycles. The van der Waals surface area contributed by atoms with Crippen LogP contribution in [0.15, 0.2) is 285 Å². The lowest BCUT2D eigenvalue weighted by molar-refractivity contribution is 1.01. The number of aryl methyl sites for hydroxylation is 2. The summed E-state index contributed by atoms with van der Waals surface area (Å²) in [4.78, 5) is 10.1. The summed E-state index contributed by atoms with van der Waals surface area (Å²) in [6.45, 7) is 3.99. The average Bonchev–Trinajstić information content (AvgIpc) is 1.56. The Hall–Kier alpha value is -12.8. The van der Waals surface area contributed by atoms with Crippen molar-refractivity contribution in [2.75, 3.05) is 0 Å². The van der Waals surface area contributed by atoms with E-state index in [1.807, 2.05) is 13.8 Å². The second-order valence-electron chi connectivity index (χ2n) is 24.9. The van der Waals surface area contributed by atoms with Gasteiger partial charge in [-0.05, 0) is 129 Å². The Morgan fingerprint density at radius 1 is 0.255 bits per heavy atom. The number of hydrogen-bond donors (Lipinski definition) is 0. The molecule has 9 nitrogen and oxygen atoms in total. The topological polar surface area (TPSA) is 79.1 Å². The molecular formula is C85H53N9. The first-order valence-corrected chi connectivity index (χ1v) is 31.9. The standard InChI is InChI=1S/C85H53N9/c1-51-43-71(88-52(2)87-51)53-44-80(93-82-46-54(89-72-27-11-3-19-58(72)59-20-4-12-28-73(59)89)35-39-66(82)67-40-36-55(47-83(67)93)90-74-29-13-5-21-60(74)61-22-6-14-30-75(61)90)70(50-86)81(45-53)94-84-48-56(91-76-31-15-7-23-62(76)63-24-8-16-32-77(63)91)37-41-68(84)69-42-38-57(49-85(69)94)92-78-33-17-9-25-64(78)65-26-10-18-34-79(65)92/h3-49H,1-2H3. The van der Waals surface area contributed by atoms with E-state index in [2.05, 4.69) is 319 Å². The maximum Gasteiger partial charge on any atom is 0.126 e. The van der Waals surface area contributed by atoms with E-state index in [1.54, 1.807) is 0 Å². The molecule has 0 fully saturated rings. The van der Waals surface area contributed by atoms with Crippen molar-refractivity contribution in [3.63, 3.8) is 0 Å². The number of fused-ring (bicyclic) bond motifs is 18. The molecule has 7 aromatic heterocycles. The monoisotopic (exact) mass is 1200 g/mol. The van der Waals surface area contributed by atoms with Gasteiger partial charge in [0.1, 0.15) is 17.5 Å². The molecule has 7 heterocycles. The molecule has 0 N–H and O–H groups in total. The van der Waals surface area contributed by atoms with Crippen LogP contribution in [0.4, 0.5) is 0 Å². The molecule has 13 aromatic carbocycles. The van der Waals surface area contributed by atoms with Crippen LogP contribution in [0.3, 0.4) is 0 Å². The molecule has 0 saturated carbocycles. The van der Waals surface area contributed by atoms with Gasteiger partial charge < -0.3 is 27.4 Å². The Kier molecular flexibility index (Phi) is 10.9. The zero-order valence-corrected chi connectivity index (χ0v) is 51.2. The molecule has 0 amide bonds. The van der Waals surface area contributed by atoms with Crippen molar-refractivity contribution < 1.29 is 0 Å². The minimum atomic E-state index is 0.498. The number of nitriles is 1. The quantitative estimate of drug-likeness (QED) is 0.159. The first-order chi connectivity index (χ1) is 46.4. The summed E-state index contributed by atoms with van der Waals surface area (Å²) in [6.07, 6.45) is 0. The molecular weight excluding hydrogens is 1150 g/mol. The molecule has 9 heteroatoms. The minimum Gasteiger partial charge on any atom is -0.309 e. The number of hydrogen-bond acceptors (Lipinski definition) is 3. The smallest absolute Gasteiger partial charge is 0.126 e. The van der Waals surface area contributed by atoms with Gasteiger partial charge in [0.15, 0.2) is 0 Å². The third-order valence-corrected chi connectivity index (χ3v) is 19.8. The van der Waals surface area contributed by atoms with Crippen LogP contribution in [0.1, 0.15) is 17.1 Å². The lowest BCUT2D eigenvalue weighted by Crippen LogP contribution is -2.07. The second-order valence-corrected chi connectivity index (χ2v) is 24.9. The van der Waals surface area contributed by atoms with Gasteiger partial charge in [0.2, 0.25) is 0 Å². The summed E-state index contributed by atoms with van der Waals surface area (Å²) < 4.78 is 14.3. The predicted molar refractivity (Wildman–Crippen MR) is 388 cm³/mol. The summed E-state index contributed by atoms with van der Waals surface area (Å²) in [6, 6.07) is 106. The van der Waals surface area contributed by atoms with Gasteiger partial charge in [0.25, 0.3) is 0 Å².